The number of benzene rings is 1. The van der Waals surface area contributed by atoms with Crippen LogP contribution < -0.4 is 0 Å². The lowest BCUT2D eigenvalue weighted by Gasteiger charge is -2.14. The Labute approximate surface area is 102 Å². The standard InChI is InChI=1S/C13H11F3N2/c1-8-9(2)17-18-12(13(14,15)16)11(8)10-6-4-3-5-7-10/h3-7H,1-2H3. The van der Waals surface area contributed by atoms with Crippen molar-refractivity contribution in [3.63, 3.8) is 0 Å². The van der Waals surface area contributed by atoms with Crippen LogP contribution in [0, 0.1) is 13.8 Å². The topological polar surface area (TPSA) is 25.8 Å². The van der Waals surface area contributed by atoms with Gasteiger partial charge < -0.3 is 0 Å². The molecule has 2 rings (SSSR count). The maximum absolute atomic E-state index is 12.9. The molecule has 0 saturated carbocycles. The van der Waals surface area contributed by atoms with Gasteiger partial charge in [-0.15, -0.1) is 5.10 Å². The van der Waals surface area contributed by atoms with Gasteiger partial charge in [-0.1, -0.05) is 30.3 Å². The van der Waals surface area contributed by atoms with Crippen LogP contribution in [0.4, 0.5) is 13.2 Å². The van der Waals surface area contributed by atoms with Crippen LogP contribution >= 0.6 is 0 Å². The summed E-state index contributed by atoms with van der Waals surface area (Å²) in [5, 5.41) is 6.87. The first-order valence-electron chi connectivity index (χ1n) is 5.37. The van der Waals surface area contributed by atoms with Gasteiger partial charge in [0, 0.05) is 5.56 Å². The monoisotopic (exact) mass is 252 g/mol. The first-order valence-corrected chi connectivity index (χ1v) is 5.37. The second kappa shape index (κ2) is 4.40. The minimum Gasteiger partial charge on any atom is -0.164 e. The van der Waals surface area contributed by atoms with E-state index in [-0.39, 0.29) is 5.56 Å². The SMILES string of the molecule is Cc1nnc(C(F)(F)F)c(-c2ccccc2)c1C. The van der Waals surface area contributed by atoms with Gasteiger partial charge in [-0.25, -0.2) is 0 Å². The molecule has 0 aliphatic rings. The number of halogens is 3. The largest absolute Gasteiger partial charge is 0.435 e. The Balaban J connectivity index is 2.75. The molecule has 0 saturated heterocycles. The van der Waals surface area contributed by atoms with E-state index in [2.05, 4.69) is 10.2 Å². The third-order valence-corrected chi connectivity index (χ3v) is 2.79. The summed E-state index contributed by atoms with van der Waals surface area (Å²) in [5.74, 6) is 0. The van der Waals surface area contributed by atoms with E-state index in [0.717, 1.165) is 0 Å². The van der Waals surface area contributed by atoms with E-state index < -0.39 is 11.9 Å². The predicted molar refractivity (Wildman–Crippen MR) is 61.9 cm³/mol. The van der Waals surface area contributed by atoms with Crippen LogP contribution in [-0.2, 0) is 6.18 Å². The molecule has 1 aromatic heterocycles. The van der Waals surface area contributed by atoms with Crippen LogP contribution in [0.25, 0.3) is 11.1 Å². The molecule has 2 nitrogen and oxygen atoms in total. The summed E-state index contributed by atoms with van der Waals surface area (Å²) in [4.78, 5) is 0. The van der Waals surface area contributed by atoms with Crippen molar-refractivity contribution in [2.45, 2.75) is 20.0 Å². The molecule has 0 spiro atoms. The average molecular weight is 252 g/mol. The summed E-state index contributed by atoms with van der Waals surface area (Å²) in [5.41, 5.74) is 0.679. The van der Waals surface area contributed by atoms with Crippen molar-refractivity contribution in [1.82, 2.24) is 10.2 Å². The van der Waals surface area contributed by atoms with Gasteiger partial charge in [0.1, 0.15) is 0 Å². The zero-order chi connectivity index (χ0) is 13.3. The molecular weight excluding hydrogens is 241 g/mol. The van der Waals surface area contributed by atoms with Gasteiger partial charge in [0.05, 0.1) is 5.69 Å². The summed E-state index contributed by atoms with van der Waals surface area (Å²) in [6, 6.07) is 8.43. The number of aryl methyl sites for hydroxylation is 1. The molecule has 0 unspecified atom stereocenters. The fourth-order valence-corrected chi connectivity index (χ4v) is 1.76. The van der Waals surface area contributed by atoms with Crippen LogP contribution in [0.15, 0.2) is 30.3 Å². The molecular formula is C13H11F3N2. The van der Waals surface area contributed by atoms with E-state index in [1.807, 2.05) is 0 Å². The van der Waals surface area contributed by atoms with Crippen molar-refractivity contribution < 1.29 is 13.2 Å². The highest BCUT2D eigenvalue weighted by Gasteiger charge is 2.37. The summed E-state index contributed by atoms with van der Waals surface area (Å²) in [6.45, 7) is 3.27. The Hall–Kier alpha value is -1.91. The minimum absolute atomic E-state index is 0.107. The van der Waals surface area contributed by atoms with E-state index in [1.54, 1.807) is 44.2 Å². The molecule has 0 aliphatic carbocycles. The molecule has 0 atom stereocenters. The molecule has 2 aromatic rings. The summed E-state index contributed by atoms with van der Waals surface area (Å²) < 4.78 is 38.8. The Morgan fingerprint density at radius 3 is 2.11 bits per heavy atom. The second-order valence-electron chi connectivity index (χ2n) is 4.00. The Morgan fingerprint density at radius 2 is 1.56 bits per heavy atom. The van der Waals surface area contributed by atoms with E-state index in [1.165, 1.54) is 0 Å². The number of hydrogen-bond donors (Lipinski definition) is 0. The molecule has 94 valence electrons. The zero-order valence-corrected chi connectivity index (χ0v) is 9.92. The first kappa shape index (κ1) is 12.5. The Kier molecular flexibility index (Phi) is 3.07. The van der Waals surface area contributed by atoms with Gasteiger partial charge in [-0.05, 0) is 25.0 Å². The fourth-order valence-electron chi connectivity index (χ4n) is 1.76. The van der Waals surface area contributed by atoms with E-state index in [9.17, 15) is 13.2 Å². The molecule has 1 aromatic carbocycles. The van der Waals surface area contributed by atoms with E-state index >= 15 is 0 Å². The highest BCUT2D eigenvalue weighted by molar-refractivity contribution is 5.70. The fraction of sp³-hybridized carbons (Fsp3) is 0.231. The van der Waals surface area contributed by atoms with Crippen molar-refractivity contribution in [1.29, 1.82) is 0 Å². The lowest BCUT2D eigenvalue weighted by Crippen LogP contribution is -2.13. The molecule has 0 bridgehead atoms. The van der Waals surface area contributed by atoms with Gasteiger partial charge >= 0.3 is 6.18 Å². The number of aromatic nitrogens is 2. The third-order valence-electron chi connectivity index (χ3n) is 2.79. The van der Waals surface area contributed by atoms with Crippen molar-refractivity contribution in [3.8, 4) is 11.1 Å². The zero-order valence-electron chi connectivity index (χ0n) is 9.92. The van der Waals surface area contributed by atoms with E-state index in [0.29, 0.717) is 16.8 Å². The lowest BCUT2D eigenvalue weighted by atomic mass is 9.98. The van der Waals surface area contributed by atoms with Crippen molar-refractivity contribution in [3.05, 3.63) is 47.3 Å². The van der Waals surface area contributed by atoms with Gasteiger partial charge in [-0.2, -0.15) is 18.3 Å². The number of hydrogen-bond acceptors (Lipinski definition) is 2. The molecule has 0 radical (unpaired) electrons. The molecule has 0 aliphatic heterocycles. The van der Waals surface area contributed by atoms with Crippen LogP contribution in [0.2, 0.25) is 0 Å². The van der Waals surface area contributed by atoms with Crippen LogP contribution in [0.5, 0.6) is 0 Å². The maximum atomic E-state index is 12.9. The summed E-state index contributed by atoms with van der Waals surface area (Å²) >= 11 is 0. The second-order valence-corrected chi connectivity index (χ2v) is 4.00. The number of nitrogens with zero attached hydrogens (tertiary/aromatic N) is 2. The van der Waals surface area contributed by atoms with Crippen molar-refractivity contribution in [2.24, 2.45) is 0 Å². The molecule has 1 heterocycles. The molecule has 5 heteroatoms. The molecule has 0 fully saturated rings. The number of alkyl halides is 3. The molecule has 18 heavy (non-hydrogen) atoms. The van der Waals surface area contributed by atoms with Crippen LogP contribution in [0.1, 0.15) is 17.0 Å². The third kappa shape index (κ3) is 2.20. The van der Waals surface area contributed by atoms with Gasteiger partial charge in [0.2, 0.25) is 0 Å². The Morgan fingerprint density at radius 1 is 0.944 bits per heavy atom. The van der Waals surface area contributed by atoms with Crippen LogP contribution in [-0.4, -0.2) is 10.2 Å². The summed E-state index contributed by atoms with van der Waals surface area (Å²) in [6.07, 6.45) is -4.50. The molecule has 0 N–H and O–H groups in total. The van der Waals surface area contributed by atoms with Crippen molar-refractivity contribution in [2.75, 3.05) is 0 Å². The van der Waals surface area contributed by atoms with Gasteiger partial charge in [0.15, 0.2) is 5.69 Å². The van der Waals surface area contributed by atoms with E-state index in [4.69, 9.17) is 0 Å². The van der Waals surface area contributed by atoms with Crippen LogP contribution in [0.3, 0.4) is 0 Å². The van der Waals surface area contributed by atoms with Gasteiger partial charge in [-0.3, -0.25) is 0 Å². The Bertz CT molecular complexity index is 562. The lowest BCUT2D eigenvalue weighted by molar-refractivity contribution is -0.141. The maximum Gasteiger partial charge on any atom is 0.435 e. The van der Waals surface area contributed by atoms with Crippen molar-refractivity contribution >= 4 is 0 Å². The summed E-state index contributed by atoms with van der Waals surface area (Å²) in [7, 11) is 0. The van der Waals surface area contributed by atoms with Gasteiger partial charge in [0.25, 0.3) is 0 Å². The normalized spacial score (nSPS) is 11.6. The highest BCUT2D eigenvalue weighted by Crippen LogP contribution is 2.37. The first-order chi connectivity index (χ1) is 8.41. The minimum atomic E-state index is -4.50. The average Bonchev–Trinajstić information content (AvgIpc) is 2.32. The smallest absolute Gasteiger partial charge is 0.164 e. The molecule has 0 amide bonds. The highest BCUT2D eigenvalue weighted by atomic mass is 19.4. The number of rotatable bonds is 1. The quantitative estimate of drug-likeness (QED) is 0.771. The predicted octanol–water partition coefficient (Wildman–Crippen LogP) is 3.78.